The molecular weight excluding hydrogens is 278 g/mol. The van der Waals surface area contributed by atoms with Gasteiger partial charge in [0.05, 0.1) is 17.1 Å². The molecule has 0 atom stereocenters. The zero-order valence-corrected chi connectivity index (χ0v) is 11.3. The summed E-state index contributed by atoms with van der Waals surface area (Å²) >= 11 is 6.17. The van der Waals surface area contributed by atoms with Gasteiger partial charge in [-0.25, -0.2) is 4.52 Å². The van der Waals surface area contributed by atoms with Crippen LogP contribution < -0.4 is 5.32 Å². The summed E-state index contributed by atoms with van der Waals surface area (Å²) in [5.41, 5.74) is 0.949. The first-order valence-electron chi connectivity index (χ1n) is 6.14. The van der Waals surface area contributed by atoms with Crippen molar-refractivity contribution in [1.29, 1.82) is 0 Å². The molecule has 7 heteroatoms. The predicted octanol–water partition coefficient (Wildman–Crippen LogP) is 1.61. The highest BCUT2D eigenvalue weighted by Crippen LogP contribution is 2.21. The number of carbonyl (C=O) groups excluding carboxylic acids is 1. The van der Waals surface area contributed by atoms with Crippen LogP contribution in [0.5, 0.6) is 0 Å². The van der Waals surface area contributed by atoms with Crippen LogP contribution in [0.4, 0.5) is 0 Å². The van der Waals surface area contributed by atoms with Crippen LogP contribution in [0.3, 0.4) is 0 Å². The highest BCUT2D eigenvalue weighted by atomic mass is 35.5. The summed E-state index contributed by atoms with van der Waals surface area (Å²) < 4.78 is 3.33. The zero-order chi connectivity index (χ0) is 13.9. The molecule has 0 bridgehead atoms. The van der Waals surface area contributed by atoms with E-state index in [1.54, 1.807) is 21.6 Å². The lowest BCUT2D eigenvalue weighted by Crippen LogP contribution is -2.28. The number of hydrogen-bond donors (Lipinski definition) is 1. The highest BCUT2D eigenvalue weighted by molar-refractivity contribution is 6.36. The van der Waals surface area contributed by atoms with Crippen molar-refractivity contribution in [1.82, 2.24) is 24.7 Å². The fraction of sp³-hybridized carbons (Fsp3) is 0.154. The van der Waals surface area contributed by atoms with Gasteiger partial charge in [0.15, 0.2) is 5.69 Å². The van der Waals surface area contributed by atoms with Crippen molar-refractivity contribution in [3.05, 3.63) is 53.6 Å². The minimum Gasteiger partial charge on any atom is -0.349 e. The molecule has 0 aliphatic heterocycles. The molecule has 20 heavy (non-hydrogen) atoms. The molecule has 0 aliphatic carbocycles. The van der Waals surface area contributed by atoms with E-state index in [2.05, 4.69) is 15.5 Å². The van der Waals surface area contributed by atoms with E-state index in [0.29, 0.717) is 23.6 Å². The lowest BCUT2D eigenvalue weighted by atomic mass is 10.3. The third-order valence-corrected chi connectivity index (χ3v) is 3.25. The largest absolute Gasteiger partial charge is 0.349 e. The van der Waals surface area contributed by atoms with Gasteiger partial charge < -0.3 is 5.32 Å². The molecule has 0 radical (unpaired) electrons. The van der Waals surface area contributed by atoms with Crippen molar-refractivity contribution in [2.75, 3.05) is 6.54 Å². The van der Waals surface area contributed by atoms with Gasteiger partial charge in [0.1, 0.15) is 0 Å². The van der Waals surface area contributed by atoms with Crippen LogP contribution in [0.25, 0.3) is 5.52 Å². The van der Waals surface area contributed by atoms with Crippen molar-refractivity contribution in [3.8, 4) is 0 Å². The van der Waals surface area contributed by atoms with Gasteiger partial charge in [-0.2, -0.15) is 10.2 Å². The van der Waals surface area contributed by atoms with Crippen molar-refractivity contribution in [3.63, 3.8) is 0 Å². The lowest BCUT2D eigenvalue weighted by Gasteiger charge is -2.03. The molecule has 102 valence electrons. The van der Waals surface area contributed by atoms with E-state index < -0.39 is 0 Å². The second-order valence-electron chi connectivity index (χ2n) is 4.22. The predicted molar refractivity (Wildman–Crippen MR) is 74.8 cm³/mol. The molecule has 3 rings (SSSR count). The molecule has 0 saturated heterocycles. The van der Waals surface area contributed by atoms with Crippen molar-refractivity contribution >= 4 is 23.0 Å². The molecule has 3 heterocycles. The maximum absolute atomic E-state index is 12.1. The van der Waals surface area contributed by atoms with Crippen LogP contribution in [0, 0.1) is 0 Å². The Kier molecular flexibility index (Phi) is 3.39. The highest BCUT2D eigenvalue weighted by Gasteiger charge is 2.17. The number of nitrogens with zero attached hydrogens (tertiary/aromatic N) is 4. The normalized spacial score (nSPS) is 10.8. The molecule has 0 spiro atoms. The third-order valence-electron chi connectivity index (χ3n) is 2.88. The number of hydrogen-bond acceptors (Lipinski definition) is 3. The first-order valence-corrected chi connectivity index (χ1v) is 6.52. The molecular formula is C13H12ClN5O. The van der Waals surface area contributed by atoms with Gasteiger partial charge in [0, 0.05) is 25.1 Å². The first-order chi connectivity index (χ1) is 9.75. The van der Waals surface area contributed by atoms with Crippen LogP contribution in [0.2, 0.25) is 5.02 Å². The summed E-state index contributed by atoms with van der Waals surface area (Å²) in [6.45, 7) is 1.06. The van der Waals surface area contributed by atoms with Crippen molar-refractivity contribution in [2.45, 2.75) is 6.54 Å². The molecule has 0 aromatic carbocycles. The molecule has 0 aliphatic rings. The molecule has 3 aromatic heterocycles. The standard InChI is InChI=1S/C13H12ClN5O/c14-11-10-4-1-2-8-19(10)17-12(11)13(20)15-6-9-18-7-3-5-16-18/h1-5,7-8H,6,9H2,(H,15,20). The Balaban J connectivity index is 1.71. The number of aromatic nitrogens is 4. The van der Waals surface area contributed by atoms with Gasteiger partial charge in [-0.15, -0.1) is 0 Å². The van der Waals surface area contributed by atoms with Gasteiger partial charge >= 0.3 is 0 Å². The Labute approximate surface area is 120 Å². The van der Waals surface area contributed by atoms with Crippen LogP contribution >= 0.6 is 11.6 Å². The first kappa shape index (κ1) is 12.7. The summed E-state index contributed by atoms with van der Waals surface area (Å²) in [4.78, 5) is 12.1. The van der Waals surface area contributed by atoms with Crippen LogP contribution in [-0.2, 0) is 6.54 Å². The Bertz CT molecular complexity index is 734. The van der Waals surface area contributed by atoms with E-state index >= 15 is 0 Å². The van der Waals surface area contributed by atoms with Gasteiger partial charge in [-0.05, 0) is 18.2 Å². The number of amides is 1. The maximum atomic E-state index is 12.1. The van der Waals surface area contributed by atoms with Crippen LogP contribution in [0.15, 0.2) is 42.9 Å². The van der Waals surface area contributed by atoms with Gasteiger partial charge in [0.25, 0.3) is 5.91 Å². The second kappa shape index (κ2) is 5.34. The summed E-state index contributed by atoms with van der Waals surface area (Å²) in [5, 5.41) is 11.4. The topological polar surface area (TPSA) is 64.2 Å². The summed E-state index contributed by atoms with van der Waals surface area (Å²) in [5.74, 6) is -0.286. The Morgan fingerprint density at radius 2 is 2.20 bits per heavy atom. The van der Waals surface area contributed by atoms with Crippen molar-refractivity contribution in [2.24, 2.45) is 0 Å². The number of nitrogens with one attached hydrogen (secondary N) is 1. The molecule has 3 aromatic rings. The van der Waals surface area contributed by atoms with E-state index in [0.717, 1.165) is 0 Å². The van der Waals surface area contributed by atoms with Gasteiger partial charge in [0.2, 0.25) is 0 Å². The monoisotopic (exact) mass is 289 g/mol. The molecule has 0 unspecified atom stereocenters. The average Bonchev–Trinajstić information content (AvgIpc) is 3.08. The quantitative estimate of drug-likeness (QED) is 0.794. The van der Waals surface area contributed by atoms with Crippen LogP contribution in [-0.4, -0.2) is 31.8 Å². The number of carbonyl (C=O) groups is 1. The fourth-order valence-electron chi connectivity index (χ4n) is 1.91. The number of fused-ring (bicyclic) bond motifs is 1. The maximum Gasteiger partial charge on any atom is 0.273 e. The van der Waals surface area contributed by atoms with Gasteiger partial charge in [-0.1, -0.05) is 17.7 Å². The average molecular weight is 290 g/mol. The summed E-state index contributed by atoms with van der Waals surface area (Å²) in [6, 6.07) is 7.33. The van der Waals surface area contributed by atoms with E-state index in [1.807, 2.05) is 30.5 Å². The Morgan fingerprint density at radius 3 is 2.95 bits per heavy atom. The van der Waals surface area contributed by atoms with Crippen LogP contribution in [0.1, 0.15) is 10.5 Å². The minimum atomic E-state index is -0.286. The summed E-state index contributed by atoms with van der Waals surface area (Å²) in [7, 11) is 0. The third kappa shape index (κ3) is 2.37. The number of halogens is 1. The molecule has 0 fully saturated rings. The van der Waals surface area contributed by atoms with Crippen molar-refractivity contribution < 1.29 is 4.79 Å². The second-order valence-corrected chi connectivity index (χ2v) is 4.60. The lowest BCUT2D eigenvalue weighted by molar-refractivity contribution is 0.0947. The fourth-order valence-corrected chi connectivity index (χ4v) is 2.19. The van der Waals surface area contributed by atoms with E-state index in [9.17, 15) is 4.79 Å². The zero-order valence-electron chi connectivity index (χ0n) is 10.5. The number of rotatable bonds is 4. The number of pyridine rings is 1. The Morgan fingerprint density at radius 1 is 1.30 bits per heavy atom. The van der Waals surface area contributed by atoms with E-state index in [-0.39, 0.29) is 11.6 Å². The SMILES string of the molecule is O=C(NCCn1cccn1)c1nn2ccccc2c1Cl. The summed E-state index contributed by atoms with van der Waals surface area (Å²) in [6.07, 6.45) is 5.28. The molecule has 1 N–H and O–H groups in total. The Hall–Kier alpha value is -2.34. The molecule has 1 amide bonds. The minimum absolute atomic E-state index is 0.235. The molecule has 0 saturated carbocycles. The van der Waals surface area contributed by atoms with E-state index in [4.69, 9.17) is 11.6 Å². The van der Waals surface area contributed by atoms with Gasteiger partial charge in [-0.3, -0.25) is 9.48 Å². The molecule has 6 nitrogen and oxygen atoms in total. The van der Waals surface area contributed by atoms with E-state index in [1.165, 1.54) is 0 Å². The smallest absolute Gasteiger partial charge is 0.273 e.